The smallest absolute Gasteiger partial charge is 0.318 e. The fourth-order valence-corrected chi connectivity index (χ4v) is 4.15. The lowest BCUT2D eigenvalue weighted by Crippen LogP contribution is -2.51. The molecule has 2 heterocycles. The molecule has 2 amide bonds. The number of piperidine rings is 1. The van der Waals surface area contributed by atoms with Crippen molar-refractivity contribution in [3.05, 3.63) is 29.8 Å². The number of halogens is 1. The second kappa shape index (κ2) is 6.77. The zero-order chi connectivity index (χ0) is 16.4. The van der Waals surface area contributed by atoms with Gasteiger partial charge >= 0.3 is 6.03 Å². The number of carbonyl (C=O) groups excluding carboxylic acids is 1. The summed E-state index contributed by atoms with van der Waals surface area (Å²) in [5, 5.41) is 12.6. The van der Waals surface area contributed by atoms with E-state index in [-0.39, 0.29) is 36.6 Å². The number of nitrogens with one attached hydrogen (secondary N) is 1. The number of nitrogens with zero attached hydrogens (tertiary/aromatic N) is 1. The number of urea groups is 1. The van der Waals surface area contributed by atoms with E-state index in [1.165, 1.54) is 0 Å². The zero-order valence-electron chi connectivity index (χ0n) is 13.5. The van der Waals surface area contributed by atoms with Gasteiger partial charge in [0.2, 0.25) is 0 Å². The highest BCUT2D eigenvalue weighted by Gasteiger charge is 2.43. The van der Waals surface area contributed by atoms with E-state index >= 15 is 0 Å². The van der Waals surface area contributed by atoms with Gasteiger partial charge in [0.15, 0.2) is 0 Å². The minimum Gasteiger partial charge on any atom is -0.508 e. The fourth-order valence-electron chi connectivity index (χ4n) is 4.15. The highest BCUT2D eigenvalue weighted by atomic mass is 19.1. The predicted octanol–water partition coefficient (Wildman–Crippen LogP) is 3.77. The van der Waals surface area contributed by atoms with Crippen molar-refractivity contribution in [1.29, 1.82) is 0 Å². The van der Waals surface area contributed by atoms with E-state index in [0.717, 1.165) is 31.2 Å². The molecule has 23 heavy (non-hydrogen) atoms. The summed E-state index contributed by atoms with van der Waals surface area (Å²) in [6.45, 7) is 1.66. The maximum atomic E-state index is 12.7. The number of hydrogen-bond donors (Lipinski definition) is 2. The van der Waals surface area contributed by atoms with Crippen molar-refractivity contribution in [2.75, 3.05) is 6.67 Å². The lowest BCUT2D eigenvalue weighted by atomic mass is 9.89. The first-order chi connectivity index (χ1) is 11.1. The zero-order valence-corrected chi connectivity index (χ0v) is 13.5. The SMILES string of the molecule is C[C@H](NC(=O)N1C2CCC1CC(CCF)C2)c1cccc(O)c1. The lowest BCUT2D eigenvalue weighted by molar-refractivity contribution is 0.114. The first-order valence-electron chi connectivity index (χ1n) is 8.52. The molecule has 5 heteroatoms. The summed E-state index contributed by atoms with van der Waals surface area (Å²) in [6, 6.07) is 7.28. The molecule has 1 aromatic rings. The second-order valence-corrected chi connectivity index (χ2v) is 6.87. The van der Waals surface area contributed by atoms with Crippen LogP contribution in [0.15, 0.2) is 24.3 Å². The molecule has 4 nitrogen and oxygen atoms in total. The molecule has 0 saturated carbocycles. The van der Waals surface area contributed by atoms with Gasteiger partial charge in [-0.05, 0) is 62.6 Å². The Morgan fingerprint density at radius 3 is 2.70 bits per heavy atom. The van der Waals surface area contributed by atoms with E-state index < -0.39 is 0 Å². The molecule has 3 rings (SSSR count). The summed E-state index contributed by atoms with van der Waals surface area (Å²) < 4.78 is 12.6. The van der Waals surface area contributed by atoms with E-state index in [4.69, 9.17) is 0 Å². The van der Waals surface area contributed by atoms with Crippen LogP contribution in [-0.2, 0) is 0 Å². The average Bonchev–Trinajstić information content (AvgIpc) is 2.79. The van der Waals surface area contributed by atoms with Gasteiger partial charge in [-0.15, -0.1) is 0 Å². The molecule has 2 saturated heterocycles. The van der Waals surface area contributed by atoms with Crippen molar-refractivity contribution >= 4 is 6.03 Å². The standard InChI is InChI=1S/C18H25FN2O2/c1-12(14-3-2-4-17(22)11-14)20-18(23)21-15-5-6-16(21)10-13(9-15)7-8-19/h2-4,11-13,15-16,22H,5-10H2,1H3,(H,20,23)/t12-,13?,15?,16?/m0/s1. The Hall–Kier alpha value is -1.78. The second-order valence-electron chi connectivity index (χ2n) is 6.87. The number of phenolic OH excluding ortho intramolecular Hbond substituents is 1. The maximum absolute atomic E-state index is 12.7. The number of carbonyl (C=O) groups is 1. The lowest BCUT2D eigenvalue weighted by Gasteiger charge is -2.39. The number of hydrogen-bond acceptors (Lipinski definition) is 2. The van der Waals surface area contributed by atoms with Crippen LogP contribution in [0, 0.1) is 5.92 Å². The van der Waals surface area contributed by atoms with E-state index in [9.17, 15) is 14.3 Å². The number of aromatic hydroxyl groups is 1. The van der Waals surface area contributed by atoms with Crippen molar-refractivity contribution in [3.63, 3.8) is 0 Å². The molecule has 2 N–H and O–H groups in total. The Balaban J connectivity index is 1.63. The van der Waals surface area contributed by atoms with Crippen molar-refractivity contribution in [1.82, 2.24) is 10.2 Å². The van der Waals surface area contributed by atoms with Crippen LogP contribution in [0.1, 0.15) is 50.6 Å². The van der Waals surface area contributed by atoms with E-state index in [0.29, 0.717) is 12.3 Å². The summed E-state index contributed by atoms with van der Waals surface area (Å²) >= 11 is 0. The van der Waals surface area contributed by atoms with Gasteiger partial charge in [-0.3, -0.25) is 4.39 Å². The molecular formula is C18H25FN2O2. The largest absolute Gasteiger partial charge is 0.508 e. The molecule has 2 aliphatic rings. The third-order valence-corrected chi connectivity index (χ3v) is 5.29. The molecule has 1 aromatic carbocycles. The van der Waals surface area contributed by atoms with Crippen LogP contribution in [0.5, 0.6) is 5.75 Å². The fraction of sp³-hybridized carbons (Fsp3) is 0.611. The van der Waals surface area contributed by atoms with Crippen LogP contribution in [-0.4, -0.2) is 34.8 Å². The molecule has 3 atom stereocenters. The van der Waals surface area contributed by atoms with Gasteiger partial charge in [0.25, 0.3) is 0 Å². The van der Waals surface area contributed by atoms with Gasteiger partial charge in [0, 0.05) is 12.1 Å². The summed E-state index contributed by atoms with van der Waals surface area (Å²) in [5.41, 5.74) is 0.887. The number of fused-ring (bicyclic) bond motifs is 2. The highest BCUT2D eigenvalue weighted by Crippen LogP contribution is 2.40. The average molecular weight is 320 g/mol. The van der Waals surface area contributed by atoms with Gasteiger partial charge < -0.3 is 15.3 Å². The Morgan fingerprint density at radius 2 is 2.09 bits per heavy atom. The van der Waals surface area contributed by atoms with Crippen molar-refractivity contribution in [3.8, 4) is 5.75 Å². The Labute approximate surface area is 136 Å². The highest BCUT2D eigenvalue weighted by molar-refractivity contribution is 5.76. The quantitative estimate of drug-likeness (QED) is 0.887. The van der Waals surface area contributed by atoms with Crippen molar-refractivity contribution in [2.45, 2.75) is 57.2 Å². The Bertz CT molecular complexity index is 552. The molecule has 2 fully saturated rings. The van der Waals surface area contributed by atoms with Gasteiger partial charge in [0.1, 0.15) is 5.75 Å². The molecule has 126 valence electrons. The van der Waals surface area contributed by atoms with Crippen LogP contribution < -0.4 is 5.32 Å². The number of rotatable bonds is 4. The number of alkyl halides is 1. The minimum atomic E-state index is -0.259. The molecule has 2 bridgehead atoms. The van der Waals surface area contributed by atoms with Gasteiger partial charge in [-0.2, -0.15) is 0 Å². The number of amides is 2. The van der Waals surface area contributed by atoms with E-state index in [2.05, 4.69) is 5.32 Å². The monoisotopic (exact) mass is 320 g/mol. The molecule has 0 spiro atoms. The van der Waals surface area contributed by atoms with Crippen LogP contribution in [0.4, 0.5) is 9.18 Å². The molecule has 2 aliphatic heterocycles. The van der Waals surface area contributed by atoms with Gasteiger partial charge in [-0.1, -0.05) is 12.1 Å². The number of phenols is 1. The van der Waals surface area contributed by atoms with Crippen LogP contribution in [0.2, 0.25) is 0 Å². The first-order valence-corrected chi connectivity index (χ1v) is 8.52. The molecule has 2 unspecified atom stereocenters. The third-order valence-electron chi connectivity index (χ3n) is 5.29. The molecule has 0 aliphatic carbocycles. The minimum absolute atomic E-state index is 0.0351. The van der Waals surface area contributed by atoms with Gasteiger partial charge in [-0.25, -0.2) is 4.79 Å². The van der Waals surface area contributed by atoms with Crippen molar-refractivity contribution in [2.24, 2.45) is 5.92 Å². The third kappa shape index (κ3) is 3.43. The Kier molecular flexibility index (Phi) is 4.74. The van der Waals surface area contributed by atoms with Crippen LogP contribution in [0.25, 0.3) is 0 Å². The first kappa shape index (κ1) is 16.1. The molecule has 0 aromatic heterocycles. The normalized spacial score (nSPS) is 27.7. The summed E-state index contributed by atoms with van der Waals surface area (Å²) in [4.78, 5) is 14.7. The van der Waals surface area contributed by atoms with E-state index in [1.54, 1.807) is 18.2 Å². The van der Waals surface area contributed by atoms with Crippen LogP contribution in [0.3, 0.4) is 0 Å². The topological polar surface area (TPSA) is 52.6 Å². The maximum Gasteiger partial charge on any atom is 0.318 e. The van der Waals surface area contributed by atoms with Crippen LogP contribution >= 0.6 is 0 Å². The van der Waals surface area contributed by atoms with E-state index in [1.807, 2.05) is 17.9 Å². The van der Waals surface area contributed by atoms with Gasteiger partial charge in [0.05, 0.1) is 12.7 Å². The number of benzene rings is 1. The Morgan fingerprint density at radius 1 is 1.39 bits per heavy atom. The molecular weight excluding hydrogens is 295 g/mol. The summed E-state index contributed by atoms with van der Waals surface area (Å²) in [7, 11) is 0. The van der Waals surface area contributed by atoms with Crippen molar-refractivity contribution < 1.29 is 14.3 Å². The summed E-state index contributed by atoms with van der Waals surface area (Å²) in [5.74, 6) is 0.626. The molecule has 0 radical (unpaired) electrons. The predicted molar refractivity (Wildman–Crippen MR) is 87.0 cm³/mol. The summed E-state index contributed by atoms with van der Waals surface area (Å²) in [6.07, 6.45) is 4.54.